The van der Waals surface area contributed by atoms with Gasteiger partial charge >= 0.3 is 0 Å². The monoisotopic (exact) mass is 487 g/mol. The number of hydrogen-bond acceptors (Lipinski definition) is 4. The lowest BCUT2D eigenvalue weighted by molar-refractivity contribution is 0.141. The van der Waals surface area contributed by atoms with Gasteiger partial charge in [-0.25, -0.2) is 8.42 Å². The molecule has 1 saturated carbocycles. The van der Waals surface area contributed by atoms with Gasteiger partial charge in [-0.3, -0.25) is 4.99 Å². The van der Waals surface area contributed by atoms with Crippen LogP contribution < -0.4 is 10.6 Å². The molecule has 25 heavy (non-hydrogen) atoms. The number of methoxy groups -OCH3 is 1. The molecular formula is C17H34IN3O3S. The first kappa shape index (κ1) is 23.0. The SMILES string of the molecule is CCNC(=NCC1(CCOC)CCCC1)NCC1CCS(=O)(=O)C1.I. The van der Waals surface area contributed by atoms with E-state index in [4.69, 9.17) is 9.73 Å². The average Bonchev–Trinajstić information content (AvgIpc) is 3.15. The Morgan fingerprint density at radius 3 is 2.56 bits per heavy atom. The highest BCUT2D eigenvalue weighted by molar-refractivity contribution is 14.0. The van der Waals surface area contributed by atoms with Crippen LogP contribution in [0.5, 0.6) is 0 Å². The molecule has 6 nitrogen and oxygen atoms in total. The minimum absolute atomic E-state index is 0. The second-order valence-electron chi connectivity index (χ2n) is 7.30. The van der Waals surface area contributed by atoms with Gasteiger partial charge in [-0.2, -0.15) is 0 Å². The van der Waals surface area contributed by atoms with E-state index in [9.17, 15) is 8.42 Å². The predicted octanol–water partition coefficient (Wildman–Crippen LogP) is 2.19. The number of nitrogens with one attached hydrogen (secondary N) is 2. The van der Waals surface area contributed by atoms with E-state index in [0.29, 0.717) is 18.1 Å². The van der Waals surface area contributed by atoms with Crippen molar-refractivity contribution >= 4 is 39.8 Å². The zero-order chi connectivity index (χ0) is 17.5. The van der Waals surface area contributed by atoms with Crippen LogP contribution >= 0.6 is 24.0 Å². The molecule has 2 N–H and O–H groups in total. The molecule has 0 aromatic heterocycles. The summed E-state index contributed by atoms with van der Waals surface area (Å²) < 4.78 is 28.4. The Bertz CT molecular complexity index is 519. The van der Waals surface area contributed by atoms with Crippen LogP contribution in [-0.4, -0.2) is 59.2 Å². The first-order valence-electron chi connectivity index (χ1n) is 9.20. The van der Waals surface area contributed by atoms with Crippen LogP contribution in [0.3, 0.4) is 0 Å². The van der Waals surface area contributed by atoms with E-state index in [-0.39, 0.29) is 35.3 Å². The lowest BCUT2D eigenvalue weighted by Crippen LogP contribution is -2.41. The third-order valence-electron chi connectivity index (χ3n) is 5.30. The van der Waals surface area contributed by atoms with Gasteiger partial charge in [-0.15, -0.1) is 24.0 Å². The van der Waals surface area contributed by atoms with Crippen LogP contribution in [-0.2, 0) is 14.6 Å². The lowest BCUT2D eigenvalue weighted by Gasteiger charge is -2.27. The molecule has 2 fully saturated rings. The fourth-order valence-corrected chi connectivity index (χ4v) is 5.66. The van der Waals surface area contributed by atoms with Gasteiger partial charge in [0, 0.05) is 33.4 Å². The summed E-state index contributed by atoms with van der Waals surface area (Å²) in [5.74, 6) is 1.64. The lowest BCUT2D eigenvalue weighted by atomic mass is 9.83. The minimum atomic E-state index is -2.82. The first-order valence-corrected chi connectivity index (χ1v) is 11.0. The van der Waals surface area contributed by atoms with Crippen LogP contribution in [0.15, 0.2) is 4.99 Å². The van der Waals surface area contributed by atoms with E-state index in [2.05, 4.69) is 10.6 Å². The molecular weight excluding hydrogens is 453 g/mol. The number of hydrogen-bond donors (Lipinski definition) is 2. The Labute approximate surface area is 169 Å². The van der Waals surface area contributed by atoms with E-state index in [0.717, 1.165) is 38.5 Å². The van der Waals surface area contributed by atoms with Crippen molar-refractivity contribution in [2.45, 2.75) is 45.4 Å². The zero-order valence-electron chi connectivity index (χ0n) is 15.6. The highest BCUT2D eigenvalue weighted by atomic mass is 127. The number of rotatable bonds is 8. The predicted molar refractivity (Wildman–Crippen MR) is 114 cm³/mol. The Morgan fingerprint density at radius 1 is 1.28 bits per heavy atom. The molecule has 0 radical (unpaired) electrons. The summed E-state index contributed by atoms with van der Waals surface area (Å²) >= 11 is 0. The maximum Gasteiger partial charge on any atom is 0.191 e. The third kappa shape index (κ3) is 7.58. The van der Waals surface area contributed by atoms with E-state index >= 15 is 0 Å². The number of ether oxygens (including phenoxy) is 1. The smallest absolute Gasteiger partial charge is 0.191 e. The molecule has 1 atom stereocenters. The average molecular weight is 487 g/mol. The van der Waals surface area contributed by atoms with Gasteiger partial charge in [0.2, 0.25) is 0 Å². The third-order valence-corrected chi connectivity index (χ3v) is 7.14. The van der Waals surface area contributed by atoms with E-state index in [1.54, 1.807) is 7.11 Å². The molecule has 0 amide bonds. The van der Waals surface area contributed by atoms with E-state index in [1.807, 2.05) is 6.92 Å². The van der Waals surface area contributed by atoms with Gasteiger partial charge in [0.05, 0.1) is 11.5 Å². The largest absolute Gasteiger partial charge is 0.385 e. The molecule has 2 aliphatic rings. The zero-order valence-corrected chi connectivity index (χ0v) is 18.7. The molecule has 148 valence electrons. The van der Waals surface area contributed by atoms with Crippen molar-refractivity contribution in [1.29, 1.82) is 0 Å². The molecule has 0 spiro atoms. The molecule has 0 aromatic carbocycles. The molecule has 0 aromatic rings. The molecule has 0 bridgehead atoms. The molecule has 1 aliphatic heterocycles. The van der Waals surface area contributed by atoms with Crippen molar-refractivity contribution in [3.63, 3.8) is 0 Å². The van der Waals surface area contributed by atoms with Crippen molar-refractivity contribution < 1.29 is 13.2 Å². The number of aliphatic imine (C=N–C) groups is 1. The van der Waals surface area contributed by atoms with Crippen molar-refractivity contribution in [3.05, 3.63) is 0 Å². The summed E-state index contributed by atoms with van der Waals surface area (Å²) in [6, 6.07) is 0. The minimum Gasteiger partial charge on any atom is -0.385 e. The topological polar surface area (TPSA) is 79.8 Å². The quantitative estimate of drug-likeness (QED) is 0.312. The maximum atomic E-state index is 11.6. The fraction of sp³-hybridized carbons (Fsp3) is 0.941. The summed E-state index contributed by atoms with van der Waals surface area (Å²) in [7, 11) is -1.06. The fourth-order valence-electron chi connectivity index (χ4n) is 3.79. The highest BCUT2D eigenvalue weighted by Gasteiger charge is 2.33. The van der Waals surface area contributed by atoms with Crippen molar-refractivity contribution in [2.24, 2.45) is 16.3 Å². The summed E-state index contributed by atoms with van der Waals surface area (Å²) in [6.45, 7) is 5.14. The number of halogens is 1. The summed E-state index contributed by atoms with van der Waals surface area (Å²) in [5, 5.41) is 6.62. The van der Waals surface area contributed by atoms with Crippen LogP contribution in [0.4, 0.5) is 0 Å². The Hall–Kier alpha value is -0.0900. The maximum absolute atomic E-state index is 11.6. The van der Waals surface area contributed by atoms with Gasteiger partial charge in [-0.1, -0.05) is 12.8 Å². The Balaban J connectivity index is 0.00000312. The standard InChI is InChI=1S/C17H33N3O3S.HI/c1-3-18-16(19-12-15-6-11-24(21,22)13-15)20-14-17(9-10-23-2)7-4-5-8-17;/h15H,3-14H2,1-2H3,(H2,18,19,20);1H. The van der Waals surface area contributed by atoms with E-state index < -0.39 is 9.84 Å². The van der Waals surface area contributed by atoms with Crippen LogP contribution in [0.2, 0.25) is 0 Å². The normalized spacial score (nSPS) is 24.7. The van der Waals surface area contributed by atoms with Crippen molar-refractivity contribution in [1.82, 2.24) is 10.6 Å². The van der Waals surface area contributed by atoms with Gasteiger partial charge in [-0.05, 0) is 43.9 Å². The first-order chi connectivity index (χ1) is 11.5. The highest BCUT2D eigenvalue weighted by Crippen LogP contribution is 2.41. The number of nitrogens with zero attached hydrogens (tertiary/aromatic N) is 1. The van der Waals surface area contributed by atoms with Crippen LogP contribution in [0.25, 0.3) is 0 Å². The van der Waals surface area contributed by atoms with Gasteiger partial charge in [0.1, 0.15) is 0 Å². The molecule has 1 unspecified atom stereocenters. The van der Waals surface area contributed by atoms with Gasteiger partial charge in [0.25, 0.3) is 0 Å². The van der Waals surface area contributed by atoms with Gasteiger partial charge < -0.3 is 15.4 Å². The van der Waals surface area contributed by atoms with Crippen molar-refractivity contribution in [3.8, 4) is 0 Å². The Morgan fingerprint density at radius 2 is 2.00 bits per heavy atom. The molecule has 8 heteroatoms. The second-order valence-corrected chi connectivity index (χ2v) is 9.52. The molecule has 1 saturated heterocycles. The molecule has 2 rings (SSSR count). The van der Waals surface area contributed by atoms with Gasteiger partial charge in [0.15, 0.2) is 15.8 Å². The Kier molecular flexibility index (Phi) is 10.0. The molecule has 1 aliphatic carbocycles. The molecule has 1 heterocycles. The van der Waals surface area contributed by atoms with Crippen LogP contribution in [0, 0.1) is 11.3 Å². The summed E-state index contributed by atoms with van der Waals surface area (Å²) in [6.07, 6.45) is 6.83. The number of guanidine groups is 1. The van der Waals surface area contributed by atoms with Crippen molar-refractivity contribution in [2.75, 3.05) is 44.9 Å². The summed E-state index contributed by atoms with van der Waals surface area (Å²) in [4.78, 5) is 4.81. The van der Waals surface area contributed by atoms with E-state index in [1.165, 1.54) is 25.7 Å². The summed E-state index contributed by atoms with van der Waals surface area (Å²) in [5.41, 5.74) is 0.273. The van der Waals surface area contributed by atoms with Crippen LogP contribution in [0.1, 0.15) is 45.4 Å². The number of sulfone groups is 1. The second kappa shape index (κ2) is 10.9.